The van der Waals surface area contributed by atoms with Gasteiger partial charge in [0.05, 0.1) is 38.7 Å². The van der Waals surface area contributed by atoms with Crippen LogP contribution in [0.4, 0.5) is 4.79 Å². The van der Waals surface area contributed by atoms with Gasteiger partial charge in [-0.2, -0.15) is 5.10 Å². The highest BCUT2D eigenvalue weighted by atomic mass is 16.5. The number of carbonyl (C=O) groups is 2. The number of hydrogen-bond donors (Lipinski definition) is 4. The molecular formula is C32H36N4O8. The molecule has 2 atom stereocenters. The number of carbonyl (C=O) groups excluding carboxylic acids is 2. The van der Waals surface area contributed by atoms with Crippen molar-refractivity contribution in [1.82, 2.24) is 16.1 Å². The maximum atomic E-state index is 12.5. The number of amides is 2. The summed E-state index contributed by atoms with van der Waals surface area (Å²) in [6.07, 6.45) is 0.355. The summed E-state index contributed by atoms with van der Waals surface area (Å²) in [6.45, 7) is 3.95. The van der Waals surface area contributed by atoms with Gasteiger partial charge in [-0.1, -0.05) is 42.5 Å². The Bertz CT molecular complexity index is 1510. The van der Waals surface area contributed by atoms with Gasteiger partial charge in [-0.25, -0.2) is 9.59 Å². The summed E-state index contributed by atoms with van der Waals surface area (Å²) in [6, 6.07) is 19.0. The molecule has 4 rings (SSSR count). The highest BCUT2D eigenvalue weighted by molar-refractivity contribution is 5.95. The van der Waals surface area contributed by atoms with Gasteiger partial charge in [-0.3, -0.25) is 5.43 Å². The average Bonchev–Trinajstić information content (AvgIpc) is 3.03. The van der Waals surface area contributed by atoms with E-state index in [2.05, 4.69) is 21.2 Å². The molecule has 1 aliphatic rings. The minimum absolute atomic E-state index is 0.164. The van der Waals surface area contributed by atoms with E-state index in [1.165, 1.54) is 13.3 Å². The van der Waals surface area contributed by atoms with Crippen molar-refractivity contribution in [3.8, 4) is 23.0 Å². The molecule has 12 nitrogen and oxygen atoms in total. The van der Waals surface area contributed by atoms with Gasteiger partial charge in [0.1, 0.15) is 13.2 Å². The second kappa shape index (κ2) is 15.3. The van der Waals surface area contributed by atoms with Crippen molar-refractivity contribution < 1.29 is 38.4 Å². The number of methoxy groups -OCH3 is 2. The summed E-state index contributed by atoms with van der Waals surface area (Å²) in [7, 11) is 2.84. The molecule has 0 saturated carbocycles. The van der Waals surface area contributed by atoms with Crippen molar-refractivity contribution in [2.24, 2.45) is 5.10 Å². The van der Waals surface area contributed by atoms with E-state index >= 15 is 0 Å². The number of esters is 1. The molecule has 0 saturated heterocycles. The SMILES string of the molecule is CCOc1cc([C@H]2NC(=O)NC(C)=C2C(=O)OC)ccc1OC[C@@H](O)N/N=C/c1cccc(OC)c1OCc1ccccc1. The van der Waals surface area contributed by atoms with E-state index < -0.39 is 24.3 Å². The normalized spacial score (nSPS) is 15.2. The number of nitrogens with one attached hydrogen (secondary N) is 3. The lowest BCUT2D eigenvalue weighted by Crippen LogP contribution is -2.45. The van der Waals surface area contributed by atoms with Crippen LogP contribution in [0.15, 0.2) is 83.1 Å². The number of urea groups is 1. The predicted octanol–water partition coefficient (Wildman–Crippen LogP) is 3.79. The van der Waals surface area contributed by atoms with Gasteiger partial charge in [-0.05, 0) is 49.2 Å². The zero-order valence-corrected chi connectivity index (χ0v) is 25.0. The van der Waals surface area contributed by atoms with Gasteiger partial charge in [0.15, 0.2) is 29.2 Å². The van der Waals surface area contributed by atoms with E-state index in [-0.39, 0.29) is 12.2 Å². The van der Waals surface area contributed by atoms with E-state index in [1.54, 1.807) is 38.3 Å². The molecule has 0 unspecified atom stereocenters. The van der Waals surface area contributed by atoms with Crippen LogP contribution in [0.2, 0.25) is 0 Å². The van der Waals surface area contributed by atoms with Crippen molar-refractivity contribution in [3.05, 3.63) is 94.7 Å². The number of allylic oxidation sites excluding steroid dienone is 1. The average molecular weight is 605 g/mol. The number of ether oxygens (including phenoxy) is 5. The summed E-state index contributed by atoms with van der Waals surface area (Å²) in [5.74, 6) is 1.21. The molecule has 2 amide bonds. The molecule has 0 radical (unpaired) electrons. The fraction of sp³-hybridized carbons (Fsp3) is 0.281. The first kappa shape index (κ1) is 31.7. The first-order chi connectivity index (χ1) is 21.3. The Morgan fingerprint density at radius 1 is 1.02 bits per heavy atom. The minimum atomic E-state index is -1.17. The number of benzene rings is 3. The molecule has 232 valence electrons. The second-order valence-electron chi connectivity index (χ2n) is 9.57. The molecule has 3 aromatic rings. The third-order valence-corrected chi connectivity index (χ3v) is 6.55. The number of aliphatic hydroxyl groups excluding tert-OH is 1. The maximum absolute atomic E-state index is 12.5. The highest BCUT2D eigenvalue weighted by Gasteiger charge is 2.32. The fourth-order valence-corrected chi connectivity index (χ4v) is 4.49. The number of para-hydroxylation sites is 1. The van der Waals surface area contributed by atoms with E-state index in [0.717, 1.165) is 5.56 Å². The lowest BCUT2D eigenvalue weighted by molar-refractivity contribution is -0.136. The van der Waals surface area contributed by atoms with Gasteiger partial charge in [0.2, 0.25) is 0 Å². The van der Waals surface area contributed by atoms with Crippen LogP contribution in [0.25, 0.3) is 0 Å². The third kappa shape index (κ3) is 7.98. The number of nitrogens with zero attached hydrogens (tertiary/aromatic N) is 1. The lowest BCUT2D eigenvalue weighted by atomic mass is 9.95. The highest BCUT2D eigenvalue weighted by Crippen LogP contribution is 2.35. The van der Waals surface area contributed by atoms with Gasteiger partial charge in [-0.15, -0.1) is 0 Å². The third-order valence-electron chi connectivity index (χ3n) is 6.55. The van der Waals surface area contributed by atoms with Gasteiger partial charge in [0.25, 0.3) is 0 Å². The van der Waals surface area contributed by atoms with Crippen LogP contribution in [-0.4, -0.2) is 57.0 Å². The van der Waals surface area contributed by atoms with Crippen molar-refractivity contribution in [2.45, 2.75) is 32.7 Å². The quantitative estimate of drug-likeness (QED) is 0.0933. The van der Waals surface area contributed by atoms with Crippen LogP contribution in [0.5, 0.6) is 23.0 Å². The van der Waals surface area contributed by atoms with Crippen LogP contribution in [-0.2, 0) is 16.1 Å². The van der Waals surface area contributed by atoms with Crippen molar-refractivity contribution in [2.75, 3.05) is 27.4 Å². The Morgan fingerprint density at radius 2 is 1.82 bits per heavy atom. The molecule has 12 heteroatoms. The van der Waals surface area contributed by atoms with Crippen LogP contribution in [0.1, 0.15) is 36.6 Å². The zero-order valence-electron chi connectivity index (χ0n) is 25.0. The molecule has 44 heavy (non-hydrogen) atoms. The maximum Gasteiger partial charge on any atom is 0.337 e. The fourth-order valence-electron chi connectivity index (χ4n) is 4.49. The zero-order chi connectivity index (χ0) is 31.5. The molecule has 3 aromatic carbocycles. The van der Waals surface area contributed by atoms with Crippen molar-refractivity contribution in [3.63, 3.8) is 0 Å². The van der Waals surface area contributed by atoms with Gasteiger partial charge >= 0.3 is 12.0 Å². The van der Waals surface area contributed by atoms with E-state index in [4.69, 9.17) is 23.7 Å². The number of hydrogen-bond acceptors (Lipinski definition) is 10. The Hall–Kier alpha value is -5.23. The Kier molecular flexibility index (Phi) is 11.0. The molecule has 0 fully saturated rings. The molecule has 1 aliphatic heterocycles. The van der Waals surface area contributed by atoms with Crippen LogP contribution >= 0.6 is 0 Å². The van der Waals surface area contributed by atoms with Crippen molar-refractivity contribution in [1.29, 1.82) is 0 Å². The van der Waals surface area contributed by atoms with E-state index in [1.807, 2.05) is 49.4 Å². The Labute approximate surface area is 255 Å². The largest absolute Gasteiger partial charge is 0.493 e. The van der Waals surface area contributed by atoms with Gasteiger partial charge < -0.3 is 39.4 Å². The minimum Gasteiger partial charge on any atom is -0.493 e. The lowest BCUT2D eigenvalue weighted by Gasteiger charge is -2.28. The summed E-state index contributed by atoms with van der Waals surface area (Å²) in [4.78, 5) is 24.6. The van der Waals surface area contributed by atoms with Crippen molar-refractivity contribution >= 4 is 18.2 Å². The molecular weight excluding hydrogens is 568 g/mol. The topological polar surface area (TPSA) is 149 Å². The molecule has 0 spiro atoms. The monoisotopic (exact) mass is 604 g/mol. The van der Waals surface area contributed by atoms with Crippen LogP contribution in [0, 0.1) is 0 Å². The predicted molar refractivity (Wildman–Crippen MR) is 163 cm³/mol. The second-order valence-corrected chi connectivity index (χ2v) is 9.57. The van der Waals surface area contributed by atoms with E-state index in [9.17, 15) is 14.7 Å². The number of aliphatic hydroxyl groups is 1. The molecule has 0 bridgehead atoms. The summed E-state index contributed by atoms with van der Waals surface area (Å²) in [5, 5.41) is 20.0. The Balaban J connectivity index is 1.42. The smallest absolute Gasteiger partial charge is 0.337 e. The van der Waals surface area contributed by atoms with Crippen LogP contribution in [0.3, 0.4) is 0 Å². The van der Waals surface area contributed by atoms with Crippen LogP contribution < -0.4 is 35.0 Å². The first-order valence-corrected chi connectivity index (χ1v) is 13.9. The first-order valence-electron chi connectivity index (χ1n) is 13.9. The van der Waals surface area contributed by atoms with E-state index in [0.29, 0.717) is 53.0 Å². The standard InChI is InChI=1S/C32H36N4O8/c1-5-42-26-16-22(29-28(31(38)41-4)20(2)34-32(39)35-29)14-15-24(26)43-19-27(37)36-33-17-23-12-9-13-25(40-3)30(23)44-18-21-10-7-6-8-11-21/h6-17,27,29,36-37H,5,18-19H2,1-4H3,(H2,34,35,39)/b33-17+/t27-,29-/m1/s1. The molecule has 4 N–H and O–H groups in total. The number of rotatable bonds is 14. The Morgan fingerprint density at radius 3 is 2.55 bits per heavy atom. The number of hydrazone groups is 1. The summed E-state index contributed by atoms with van der Waals surface area (Å²) < 4.78 is 28.0. The van der Waals surface area contributed by atoms with Gasteiger partial charge in [0, 0.05) is 11.3 Å². The summed E-state index contributed by atoms with van der Waals surface area (Å²) >= 11 is 0. The molecule has 1 heterocycles. The molecule has 0 aliphatic carbocycles. The summed E-state index contributed by atoms with van der Waals surface area (Å²) in [5.41, 5.74) is 5.54. The molecule has 0 aromatic heterocycles.